The molecule has 1 aromatic rings. The molecule has 0 aromatic carbocycles. The van der Waals surface area contributed by atoms with Gasteiger partial charge in [0.1, 0.15) is 11.8 Å². The summed E-state index contributed by atoms with van der Waals surface area (Å²) >= 11 is 0. The van der Waals surface area contributed by atoms with Gasteiger partial charge in [-0.15, -0.1) is 5.10 Å². The van der Waals surface area contributed by atoms with Crippen molar-refractivity contribution in [1.82, 2.24) is 14.8 Å². The van der Waals surface area contributed by atoms with E-state index in [1.54, 1.807) is 14.0 Å². The summed E-state index contributed by atoms with van der Waals surface area (Å²) < 4.78 is 1.38. The van der Waals surface area contributed by atoms with Crippen molar-refractivity contribution in [1.29, 1.82) is 0 Å². The molecular weight excluding hydrogens is 141 g/mol. The number of carboxylic acids is 1. The van der Waals surface area contributed by atoms with Crippen molar-refractivity contribution in [2.75, 3.05) is 0 Å². The molecular formula is C5H6LiN3O2. The zero-order chi connectivity index (χ0) is 7.72. The first-order chi connectivity index (χ1) is 4.61. The minimum absolute atomic E-state index is 0. The quantitative estimate of drug-likeness (QED) is 0.375. The number of carbonyl (C=O) groups excluding carboxylic acids is 1. The Hall–Kier alpha value is -0.793. The molecule has 0 aliphatic heterocycles. The zero-order valence-corrected chi connectivity index (χ0v) is 6.66. The number of aryl methyl sites for hydroxylation is 2. The van der Waals surface area contributed by atoms with E-state index < -0.39 is 5.97 Å². The number of nitrogens with zero attached hydrogens (tertiary/aromatic N) is 3. The summed E-state index contributed by atoms with van der Waals surface area (Å²) in [4.78, 5) is 13.7. The Balaban J connectivity index is 0.000001000. The molecule has 0 unspecified atom stereocenters. The zero-order valence-electron chi connectivity index (χ0n) is 6.66. The van der Waals surface area contributed by atoms with Crippen LogP contribution in [0.1, 0.15) is 16.4 Å². The molecule has 11 heavy (non-hydrogen) atoms. The molecule has 5 nitrogen and oxygen atoms in total. The number of hydrogen-bond donors (Lipinski definition) is 0. The van der Waals surface area contributed by atoms with E-state index in [4.69, 9.17) is 0 Å². The average molecular weight is 147 g/mol. The number of carbonyl (C=O) groups is 1. The van der Waals surface area contributed by atoms with Gasteiger partial charge in [-0.25, -0.2) is 4.98 Å². The van der Waals surface area contributed by atoms with Crippen molar-refractivity contribution in [3.8, 4) is 0 Å². The number of aromatic carboxylic acids is 1. The van der Waals surface area contributed by atoms with Crippen molar-refractivity contribution in [3.63, 3.8) is 0 Å². The molecule has 1 aromatic heterocycles. The molecule has 1 rings (SSSR count). The molecule has 1 heterocycles. The first-order valence-corrected chi connectivity index (χ1v) is 2.70. The van der Waals surface area contributed by atoms with E-state index in [0.29, 0.717) is 5.82 Å². The van der Waals surface area contributed by atoms with Gasteiger partial charge in [0.25, 0.3) is 0 Å². The van der Waals surface area contributed by atoms with E-state index in [9.17, 15) is 9.90 Å². The molecule has 54 valence electrons. The van der Waals surface area contributed by atoms with E-state index in [-0.39, 0.29) is 24.7 Å². The molecule has 0 amide bonds. The maximum absolute atomic E-state index is 10.1. The fraction of sp³-hybridized carbons (Fsp3) is 0.400. The molecule has 0 atom stereocenters. The van der Waals surface area contributed by atoms with E-state index in [2.05, 4.69) is 10.1 Å². The van der Waals surface area contributed by atoms with Gasteiger partial charge in [-0.3, -0.25) is 4.68 Å². The molecule has 0 spiro atoms. The molecule has 0 N–H and O–H groups in total. The van der Waals surface area contributed by atoms with Crippen LogP contribution < -0.4 is 24.0 Å². The van der Waals surface area contributed by atoms with Gasteiger partial charge in [0, 0.05) is 7.05 Å². The summed E-state index contributed by atoms with van der Waals surface area (Å²) in [5.41, 5.74) is 0. The molecule has 0 fully saturated rings. The summed E-state index contributed by atoms with van der Waals surface area (Å²) in [7, 11) is 1.62. The second-order valence-corrected chi connectivity index (χ2v) is 1.89. The van der Waals surface area contributed by atoms with Crippen LogP contribution in [-0.4, -0.2) is 20.7 Å². The first-order valence-electron chi connectivity index (χ1n) is 2.70. The smallest absolute Gasteiger partial charge is 0.541 e. The maximum Gasteiger partial charge on any atom is 1.00 e. The topological polar surface area (TPSA) is 70.8 Å². The van der Waals surface area contributed by atoms with Gasteiger partial charge in [-0.05, 0) is 6.92 Å². The normalized spacial score (nSPS) is 8.91. The summed E-state index contributed by atoms with van der Waals surface area (Å²) in [5, 5.41) is 13.7. The SMILES string of the molecule is Cc1nc(C(=O)[O-])nn1C.[Li+]. The predicted octanol–water partition coefficient (Wildman–Crippen LogP) is -4.51. The van der Waals surface area contributed by atoms with Crippen molar-refractivity contribution < 1.29 is 28.8 Å². The maximum atomic E-state index is 10.1. The van der Waals surface area contributed by atoms with Crippen LogP contribution in [0.5, 0.6) is 0 Å². The fourth-order valence-corrected chi connectivity index (χ4v) is 0.549. The van der Waals surface area contributed by atoms with Crippen molar-refractivity contribution in [2.24, 2.45) is 7.05 Å². The van der Waals surface area contributed by atoms with Crippen molar-refractivity contribution >= 4 is 5.97 Å². The molecule has 0 radical (unpaired) electrons. The van der Waals surface area contributed by atoms with Gasteiger partial charge in [-0.1, -0.05) is 0 Å². The Bertz CT molecular complexity index is 251. The summed E-state index contributed by atoms with van der Waals surface area (Å²) in [6, 6.07) is 0. The molecule has 0 saturated carbocycles. The summed E-state index contributed by atoms with van der Waals surface area (Å²) in [5.74, 6) is -1.05. The number of aromatic nitrogens is 3. The monoisotopic (exact) mass is 147 g/mol. The predicted molar refractivity (Wildman–Crippen MR) is 30.1 cm³/mol. The summed E-state index contributed by atoms with van der Waals surface area (Å²) in [6.07, 6.45) is 0. The average Bonchev–Trinajstić information content (AvgIpc) is 2.13. The first kappa shape index (κ1) is 10.2. The van der Waals surface area contributed by atoms with Crippen LogP contribution in [-0.2, 0) is 7.05 Å². The molecule has 0 aliphatic rings. The van der Waals surface area contributed by atoms with E-state index >= 15 is 0 Å². The van der Waals surface area contributed by atoms with Crippen LogP contribution in [0.25, 0.3) is 0 Å². The fourth-order valence-electron chi connectivity index (χ4n) is 0.549. The van der Waals surface area contributed by atoms with Gasteiger partial charge in [0.15, 0.2) is 5.82 Å². The second-order valence-electron chi connectivity index (χ2n) is 1.89. The minimum Gasteiger partial charge on any atom is -0.541 e. The summed E-state index contributed by atoms with van der Waals surface area (Å²) in [6.45, 7) is 1.67. The van der Waals surface area contributed by atoms with Crippen LogP contribution >= 0.6 is 0 Å². The van der Waals surface area contributed by atoms with Crippen LogP contribution in [0.4, 0.5) is 0 Å². The third-order valence-electron chi connectivity index (χ3n) is 1.16. The van der Waals surface area contributed by atoms with Crippen LogP contribution in [0, 0.1) is 6.92 Å². The molecule has 6 heteroatoms. The largest absolute Gasteiger partial charge is 1.00 e. The van der Waals surface area contributed by atoms with E-state index in [1.165, 1.54) is 4.68 Å². The van der Waals surface area contributed by atoms with Crippen LogP contribution in [0.15, 0.2) is 0 Å². The number of carboxylic acid groups (broad SMARTS) is 1. The van der Waals surface area contributed by atoms with Crippen molar-refractivity contribution in [3.05, 3.63) is 11.6 Å². The van der Waals surface area contributed by atoms with Gasteiger partial charge >= 0.3 is 18.9 Å². The standard InChI is InChI=1S/C5H7N3O2.Li/c1-3-6-4(5(9)10)7-8(3)2;/h1-2H3,(H,9,10);/q;+1/p-1. The third-order valence-corrected chi connectivity index (χ3v) is 1.16. The number of rotatable bonds is 1. The number of hydrogen-bond acceptors (Lipinski definition) is 4. The minimum atomic E-state index is -1.34. The molecule has 0 saturated heterocycles. The van der Waals surface area contributed by atoms with Gasteiger partial charge in [0.05, 0.1) is 0 Å². The Morgan fingerprint density at radius 3 is 2.36 bits per heavy atom. The Morgan fingerprint density at radius 1 is 1.64 bits per heavy atom. The Labute approximate surface area is 75.6 Å². The third kappa shape index (κ3) is 2.07. The van der Waals surface area contributed by atoms with Gasteiger partial charge < -0.3 is 9.90 Å². The van der Waals surface area contributed by atoms with E-state index in [1.807, 2.05) is 0 Å². The van der Waals surface area contributed by atoms with Gasteiger partial charge in [-0.2, -0.15) is 0 Å². The van der Waals surface area contributed by atoms with Crippen LogP contribution in [0.2, 0.25) is 0 Å². The Kier molecular flexibility index (Phi) is 3.30. The molecule has 0 bridgehead atoms. The van der Waals surface area contributed by atoms with Gasteiger partial charge in [0.2, 0.25) is 0 Å². The Morgan fingerprint density at radius 2 is 2.18 bits per heavy atom. The van der Waals surface area contributed by atoms with Crippen LogP contribution in [0.3, 0.4) is 0 Å². The molecule has 0 aliphatic carbocycles. The second kappa shape index (κ2) is 3.56. The van der Waals surface area contributed by atoms with Crippen molar-refractivity contribution in [2.45, 2.75) is 6.92 Å². The van der Waals surface area contributed by atoms with E-state index in [0.717, 1.165) is 0 Å².